The Bertz CT molecular complexity index is 534. The predicted molar refractivity (Wildman–Crippen MR) is 79.5 cm³/mol. The van der Waals surface area contributed by atoms with E-state index in [1.807, 2.05) is 25.1 Å². The van der Waals surface area contributed by atoms with Gasteiger partial charge in [-0.3, -0.25) is 4.79 Å². The Morgan fingerprint density at radius 2 is 2.10 bits per heavy atom. The highest BCUT2D eigenvalue weighted by molar-refractivity contribution is 5.95. The standard InChI is InChI=1S/C17H21NO2/c1-13-10-14(6-4-5-9-19)12-15(11-13)17(20)18-16-7-2-3-8-16/h10-12,16,19H,2-3,5,7-9H2,1H3,(H,18,20). The summed E-state index contributed by atoms with van der Waals surface area (Å²) in [6.07, 6.45) is 5.03. The van der Waals surface area contributed by atoms with Crippen LogP contribution in [0, 0.1) is 18.8 Å². The minimum Gasteiger partial charge on any atom is -0.395 e. The number of benzene rings is 1. The van der Waals surface area contributed by atoms with Crippen LogP contribution in [-0.4, -0.2) is 23.7 Å². The van der Waals surface area contributed by atoms with Crippen LogP contribution in [0.15, 0.2) is 18.2 Å². The first-order chi connectivity index (χ1) is 9.69. The lowest BCUT2D eigenvalue weighted by Crippen LogP contribution is -2.32. The van der Waals surface area contributed by atoms with Crippen molar-refractivity contribution in [3.8, 4) is 11.8 Å². The van der Waals surface area contributed by atoms with E-state index < -0.39 is 0 Å². The maximum atomic E-state index is 12.2. The monoisotopic (exact) mass is 271 g/mol. The molecule has 2 rings (SSSR count). The van der Waals surface area contributed by atoms with Crippen molar-refractivity contribution >= 4 is 5.91 Å². The Hall–Kier alpha value is -1.79. The average molecular weight is 271 g/mol. The Morgan fingerprint density at radius 3 is 2.80 bits per heavy atom. The summed E-state index contributed by atoms with van der Waals surface area (Å²) in [6, 6.07) is 5.99. The minimum atomic E-state index is -0.00851. The van der Waals surface area contributed by atoms with Crippen LogP contribution in [0.5, 0.6) is 0 Å². The van der Waals surface area contributed by atoms with Gasteiger partial charge in [-0.2, -0.15) is 0 Å². The molecule has 1 aliphatic rings. The number of aliphatic hydroxyl groups excluding tert-OH is 1. The van der Waals surface area contributed by atoms with Gasteiger partial charge < -0.3 is 10.4 Å². The van der Waals surface area contributed by atoms with Gasteiger partial charge in [-0.05, 0) is 43.5 Å². The van der Waals surface area contributed by atoms with Crippen molar-refractivity contribution in [3.05, 3.63) is 34.9 Å². The van der Waals surface area contributed by atoms with Crippen LogP contribution >= 0.6 is 0 Å². The van der Waals surface area contributed by atoms with E-state index in [4.69, 9.17) is 5.11 Å². The molecular weight excluding hydrogens is 250 g/mol. The normalized spacial score (nSPS) is 14.7. The topological polar surface area (TPSA) is 49.3 Å². The molecule has 3 nitrogen and oxygen atoms in total. The van der Waals surface area contributed by atoms with Gasteiger partial charge in [0, 0.05) is 23.6 Å². The molecule has 20 heavy (non-hydrogen) atoms. The van der Waals surface area contributed by atoms with Crippen LogP contribution in [0.1, 0.15) is 53.6 Å². The van der Waals surface area contributed by atoms with Gasteiger partial charge in [-0.25, -0.2) is 0 Å². The number of amides is 1. The van der Waals surface area contributed by atoms with Crippen LogP contribution < -0.4 is 5.32 Å². The molecule has 1 amide bonds. The summed E-state index contributed by atoms with van der Waals surface area (Å²) in [5, 5.41) is 11.8. The molecule has 0 radical (unpaired) electrons. The van der Waals surface area contributed by atoms with E-state index in [2.05, 4.69) is 17.2 Å². The molecule has 0 atom stereocenters. The molecule has 0 spiro atoms. The summed E-state index contributed by atoms with van der Waals surface area (Å²) < 4.78 is 0. The average Bonchev–Trinajstić information content (AvgIpc) is 2.91. The van der Waals surface area contributed by atoms with Crippen LogP contribution in [0.25, 0.3) is 0 Å². The van der Waals surface area contributed by atoms with Gasteiger partial charge in [0.25, 0.3) is 5.91 Å². The Labute approximate surface area is 120 Å². The molecule has 1 fully saturated rings. The zero-order valence-electron chi connectivity index (χ0n) is 11.9. The Morgan fingerprint density at radius 1 is 1.35 bits per heavy atom. The molecular formula is C17H21NO2. The van der Waals surface area contributed by atoms with Gasteiger partial charge in [0.05, 0.1) is 6.61 Å². The lowest BCUT2D eigenvalue weighted by molar-refractivity contribution is 0.0937. The number of carbonyl (C=O) groups is 1. The second-order valence-electron chi connectivity index (χ2n) is 5.32. The molecule has 0 aliphatic heterocycles. The van der Waals surface area contributed by atoms with E-state index in [0.717, 1.165) is 24.0 Å². The highest BCUT2D eigenvalue weighted by Crippen LogP contribution is 2.18. The first-order valence-corrected chi connectivity index (χ1v) is 7.21. The molecule has 1 aliphatic carbocycles. The van der Waals surface area contributed by atoms with Crippen LogP contribution in [0.4, 0.5) is 0 Å². The van der Waals surface area contributed by atoms with E-state index in [-0.39, 0.29) is 12.5 Å². The van der Waals surface area contributed by atoms with Gasteiger partial charge >= 0.3 is 0 Å². The zero-order chi connectivity index (χ0) is 14.4. The summed E-state index contributed by atoms with van der Waals surface area (Å²) in [5.41, 5.74) is 2.53. The third-order valence-electron chi connectivity index (χ3n) is 3.50. The first-order valence-electron chi connectivity index (χ1n) is 7.21. The smallest absolute Gasteiger partial charge is 0.251 e. The molecule has 2 N–H and O–H groups in total. The molecule has 0 unspecified atom stereocenters. The molecule has 0 saturated heterocycles. The van der Waals surface area contributed by atoms with Crippen molar-refractivity contribution in [2.75, 3.05) is 6.61 Å². The fourth-order valence-electron chi connectivity index (χ4n) is 2.55. The summed E-state index contributed by atoms with van der Waals surface area (Å²) in [7, 11) is 0. The summed E-state index contributed by atoms with van der Waals surface area (Å²) in [5.74, 6) is 5.86. The minimum absolute atomic E-state index is 0.00851. The Balaban J connectivity index is 2.10. The Kier molecular flexibility index (Phi) is 5.20. The fraction of sp³-hybridized carbons (Fsp3) is 0.471. The molecule has 0 bridgehead atoms. The molecule has 106 valence electrons. The van der Waals surface area contributed by atoms with E-state index in [1.54, 1.807) is 0 Å². The number of hydrogen-bond acceptors (Lipinski definition) is 2. The summed E-state index contributed by atoms with van der Waals surface area (Å²) >= 11 is 0. The largest absolute Gasteiger partial charge is 0.395 e. The molecule has 0 aromatic heterocycles. The van der Waals surface area contributed by atoms with Crippen LogP contribution in [-0.2, 0) is 0 Å². The van der Waals surface area contributed by atoms with Gasteiger partial charge in [0.2, 0.25) is 0 Å². The number of carbonyl (C=O) groups excluding carboxylic acids is 1. The predicted octanol–water partition coefficient (Wildman–Crippen LogP) is 2.40. The van der Waals surface area contributed by atoms with Crippen molar-refractivity contribution < 1.29 is 9.90 Å². The number of aliphatic hydroxyl groups is 1. The number of aryl methyl sites for hydroxylation is 1. The maximum absolute atomic E-state index is 12.2. The van der Waals surface area contributed by atoms with Crippen LogP contribution in [0.2, 0.25) is 0 Å². The third-order valence-corrected chi connectivity index (χ3v) is 3.50. The van der Waals surface area contributed by atoms with Crippen molar-refractivity contribution in [3.63, 3.8) is 0 Å². The van der Waals surface area contributed by atoms with Crippen molar-refractivity contribution in [2.45, 2.75) is 45.1 Å². The number of hydrogen-bond donors (Lipinski definition) is 2. The van der Waals surface area contributed by atoms with E-state index in [0.29, 0.717) is 18.0 Å². The van der Waals surface area contributed by atoms with Gasteiger partial charge in [-0.15, -0.1) is 0 Å². The van der Waals surface area contributed by atoms with Crippen LogP contribution in [0.3, 0.4) is 0 Å². The van der Waals surface area contributed by atoms with Crippen molar-refractivity contribution in [2.24, 2.45) is 0 Å². The first kappa shape index (κ1) is 14.6. The van der Waals surface area contributed by atoms with Crippen molar-refractivity contribution in [1.82, 2.24) is 5.32 Å². The maximum Gasteiger partial charge on any atom is 0.251 e. The third kappa shape index (κ3) is 4.11. The number of nitrogens with one attached hydrogen (secondary N) is 1. The molecule has 1 aromatic rings. The lowest BCUT2D eigenvalue weighted by Gasteiger charge is -2.12. The SMILES string of the molecule is Cc1cc(C#CCCO)cc(C(=O)NC2CCCC2)c1. The van der Waals surface area contributed by atoms with Gasteiger partial charge in [-0.1, -0.05) is 24.7 Å². The second-order valence-corrected chi connectivity index (χ2v) is 5.32. The highest BCUT2D eigenvalue weighted by Gasteiger charge is 2.18. The van der Waals surface area contributed by atoms with Gasteiger partial charge in [0.15, 0.2) is 0 Å². The molecule has 0 heterocycles. The van der Waals surface area contributed by atoms with Crippen molar-refractivity contribution in [1.29, 1.82) is 0 Å². The van der Waals surface area contributed by atoms with E-state index in [1.165, 1.54) is 12.8 Å². The molecule has 1 aromatic carbocycles. The quantitative estimate of drug-likeness (QED) is 0.829. The van der Waals surface area contributed by atoms with E-state index in [9.17, 15) is 4.79 Å². The molecule has 3 heteroatoms. The summed E-state index contributed by atoms with van der Waals surface area (Å²) in [6.45, 7) is 2.03. The zero-order valence-corrected chi connectivity index (χ0v) is 11.9. The van der Waals surface area contributed by atoms with E-state index >= 15 is 0 Å². The molecule has 1 saturated carbocycles. The van der Waals surface area contributed by atoms with Gasteiger partial charge in [0.1, 0.15) is 0 Å². The highest BCUT2D eigenvalue weighted by atomic mass is 16.2. The lowest BCUT2D eigenvalue weighted by atomic mass is 10.1. The fourth-order valence-corrected chi connectivity index (χ4v) is 2.55. The number of rotatable bonds is 3. The summed E-state index contributed by atoms with van der Waals surface area (Å²) in [4.78, 5) is 12.2. The second kappa shape index (κ2) is 7.12.